The highest BCUT2D eigenvalue weighted by Gasteiger charge is 2.33. The van der Waals surface area contributed by atoms with Crippen LogP contribution in [0.4, 0.5) is 0 Å². The average Bonchev–Trinajstić information content (AvgIpc) is 2.46. The zero-order chi connectivity index (χ0) is 13.8. The van der Waals surface area contributed by atoms with Crippen molar-refractivity contribution in [1.29, 1.82) is 0 Å². The van der Waals surface area contributed by atoms with Crippen molar-refractivity contribution in [2.24, 2.45) is 0 Å². The summed E-state index contributed by atoms with van der Waals surface area (Å²) in [5.41, 5.74) is 1.60. The highest BCUT2D eigenvalue weighted by atomic mass is 16.5. The molecule has 0 aliphatic carbocycles. The lowest BCUT2D eigenvalue weighted by molar-refractivity contribution is -0.147. The summed E-state index contributed by atoms with van der Waals surface area (Å²) in [5.74, 6) is -0.394. The second kappa shape index (κ2) is 5.87. The van der Waals surface area contributed by atoms with Crippen LogP contribution in [0, 0.1) is 6.92 Å². The summed E-state index contributed by atoms with van der Waals surface area (Å²) in [5, 5.41) is 0. The standard InChI is InChI=1S/C15H19NO3/c1-11-7-3-4-8-12(11)14(17)16-10-6-5-9-13(16)15(18)19-2/h3-4,7-8,13H,5-6,9-10H2,1-2H3. The van der Waals surface area contributed by atoms with Crippen LogP contribution in [0.25, 0.3) is 0 Å². The van der Waals surface area contributed by atoms with E-state index in [2.05, 4.69) is 0 Å². The van der Waals surface area contributed by atoms with Crippen LogP contribution in [0.2, 0.25) is 0 Å². The minimum atomic E-state index is -0.439. The Hall–Kier alpha value is -1.84. The number of nitrogens with zero attached hydrogens (tertiary/aromatic N) is 1. The third kappa shape index (κ3) is 2.78. The number of hydrogen-bond acceptors (Lipinski definition) is 3. The van der Waals surface area contributed by atoms with Crippen molar-refractivity contribution in [2.75, 3.05) is 13.7 Å². The molecule has 1 aliphatic heterocycles. The maximum Gasteiger partial charge on any atom is 0.328 e. The van der Waals surface area contributed by atoms with Gasteiger partial charge in [-0.1, -0.05) is 18.2 Å². The fraction of sp³-hybridized carbons (Fsp3) is 0.467. The Morgan fingerprint density at radius 2 is 2.00 bits per heavy atom. The molecule has 0 N–H and O–H groups in total. The van der Waals surface area contributed by atoms with Crippen LogP contribution >= 0.6 is 0 Å². The van der Waals surface area contributed by atoms with Crippen molar-refractivity contribution in [2.45, 2.75) is 32.2 Å². The molecule has 19 heavy (non-hydrogen) atoms. The van der Waals surface area contributed by atoms with Gasteiger partial charge in [0.2, 0.25) is 0 Å². The number of piperidine rings is 1. The lowest BCUT2D eigenvalue weighted by Gasteiger charge is -2.34. The molecule has 0 aromatic heterocycles. The maximum atomic E-state index is 12.6. The molecule has 1 fully saturated rings. The number of benzene rings is 1. The number of ether oxygens (including phenoxy) is 1. The molecule has 1 amide bonds. The van der Waals surface area contributed by atoms with Gasteiger partial charge in [-0.2, -0.15) is 0 Å². The summed E-state index contributed by atoms with van der Waals surface area (Å²) in [6.07, 6.45) is 2.58. The van der Waals surface area contributed by atoms with E-state index < -0.39 is 6.04 Å². The summed E-state index contributed by atoms with van der Waals surface area (Å²) in [7, 11) is 1.37. The first-order valence-corrected chi connectivity index (χ1v) is 6.59. The van der Waals surface area contributed by atoms with Crippen LogP contribution in [-0.2, 0) is 9.53 Å². The van der Waals surface area contributed by atoms with Gasteiger partial charge in [0.1, 0.15) is 6.04 Å². The summed E-state index contributed by atoms with van der Waals surface area (Å²) in [4.78, 5) is 26.0. The molecule has 1 unspecified atom stereocenters. The molecule has 1 atom stereocenters. The van der Waals surface area contributed by atoms with Crippen molar-refractivity contribution >= 4 is 11.9 Å². The van der Waals surface area contributed by atoms with Gasteiger partial charge < -0.3 is 9.64 Å². The molecule has 1 aromatic carbocycles. The second-order valence-electron chi connectivity index (χ2n) is 4.85. The molecule has 0 bridgehead atoms. The molecule has 0 radical (unpaired) electrons. The highest BCUT2D eigenvalue weighted by Crippen LogP contribution is 2.21. The Labute approximate surface area is 113 Å². The van der Waals surface area contributed by atoms with Gasteiger partial charge in [-0.25, -0.2) is 4.79 Å². The van der Waals surface area contributed by atoms with Gasteiger partial charge in [0.15, 0.2) is 0 Å². The first kappa shape index (κ1) is 13.6. The van der Waals surface area contributed by atoms with E-state index in [1.54, 1.807) is 11.0 Å². The first-order chi connectivity index (χ1) is 9.15. The van der Waals surface area contributed by atoms with Gasteiger partial charge in [-0.05, 0) is 37.8 Å². The average molecular weight is 261 g/mol. The van der Waals surface area contributed by atoms with Gasteiger partial charge in [0, 0.05) is 12.1 Å². The minimum Gasteiger partial charge on any atom is -0.467 e. The van der Waals surface area contributed by atoms with E-state index in [9.17, 15) is 9.59 Å². The van der Waals surface area contributed by atoms with Gasteiger partial charge in [0.25, 0.3) is 5.91 Å². The Bertz CT molecular complexity index is 484. The van der Waals surface area contributed by atoms with E-state index in [0.29, 0.717) is 18.5 Å². The molecule has 1 aromatic rings. The zero-order valence-electron chi connectivity index (χ0n) is 11.4. The van der Waals surface area contributed by atoms with Gasteiger partial charge in [-0.15, -0.1) is 0 Å². The minimum absolute atomic E-state index is 0.0757. The smallest absolute Gasteiger partial charge is 0.328 e. The Morgan fingerprint density at radius 3 is 2.68 bits per heavy atom. The maximum absolute atomic E-state index is 12.6. The fourth-order valence-corrected chi connectivity index (χ4v) is 2.52. The predicted molar refractivity (Wildman–Crippen MR) is 71.9 cm³/mol. The van der Waals surface area contributed by atoms with Gasteiger partial charge >= 0.3 is 5.97 Å². The number of likely N-dealkylation sites (tertiary alicyclic amines) is 1. The van der Waals surface area contributed by atoms with E-state index in [1.165, 1.54) is 7.11 Å². The van der Waals surface area contributed by atoms with Crippen LogP contribution in [-0.4, -0.2) is 36.5 Å². The number of carbonyl (C=O) groups is 2. The van der Waals surface area contributed by atoms with E-state index in [0.717, 1.165) is 18.4 Å². The number of methoxy groups -OCH3 is 1. The molecule has 1 heterocycles. The monoisotopic (exact) mass is 261 g/mol. The normalized spacial score (nSPS) is 19.1. The molecule has 0 spiro atoms. The second-order valence-corrected chi connectivity index (χ2v) is 4.85. The van der Waals surface area contributed by atoms with E-state index >= 15 is 0 Å². The fourth-order valence-electron chi connectivity index (χ4n) is 2.52. The molecule has 2 rings (SSSR count). The van der Waals surface area contributed by atoms with Crippen LogP contribution < -0.4 is 0 Å². The molecular formula is C15H19NO3. The molecule has 4 nitrogen and oxygen atoms in total. The van der Waals surface area contributed by atoms with E-state index in [-0.39, 0.29) is 11.9 Å². The Morgan fingerprint density at radius 1 is 1.26 bits per heavy atom. The van der Waals surface area contributed by atoms with Crippen molar-refractivity contribution < 1.29 is 14.3 Å². The Kier molecular flexibility index (Phi) is 4.20. The van der Waals surface area contributed by atoms with Crippen molar-refractivity contribution in [3.63, 3.8) is 0 Å². The first-order valence-electron chi connectivity index (χ1n) is 6.59. The van der Waals surface area contributed by atoms with E-state index in [1.807, 2.05) is 25.1 Å². The molecule has 1 saturated heterocycles. The summed E-state index contributed by atoms with van der Waals surface area (Å²) in [6, 6.07) is 7.02. The summed E-state index contributed by atoms with van der Waals surface area (Å²) < 4.78 is 4.80. The third-order valence-electron chi connectivity index (χ3n) is 3.61. The predicted octanol–water partition coefficient (Wildman–Crippen LogP) is 2.16. The number of aryl methyl sites for hydroxylation is 1. The van der Waals surface area contributed by atoms with Crippen molar-refractivity contribution in [3.8, 4) is 0 Å². The SMILES string of the molecule is COC(=O)C1CCCCN1C(=O)c1ccccc1C. The van der Waals surface area contributed by atoms with E-state index in [4.69, 9.17) is 4.74 Å². The Balaban J connectivity index is 2.25. The van der Waals surface area contributed by atoms with Crippen molar-refractivity contribution in [3.05, 3.63) is 35.4 Å². The van der Waals surface area contributed by atoms with Crippen LogP contribution in [0.15, 0.2) is 24.3 Å². The van der Waals surface area contributed by atoms with Crippen LogP contribution in [0.5, 0.6) is 0 Å². The third-order valence-corrected chi connectivity index (χ3v) is 3.61. The number of carbonyl (C=O) groups excluding carboxylic acids is 2. The lowest BCUT2D eigenvalue weighted by atomic mass is 9.99. The molecule has 102 valence electrons. The number of hydrogen-bond donors (Lipinski definition) is 0. The lowest BCUT2D eigenvalue weighted by Crippen LogP contribution is -2.48. The zero-order valence-corrected chi connectivity index (χ0v) is 11.4. The van der Waals surface area contributed by atoms with Gasteiger partial charge in [0.05, 0.1) is 7.11 Å². The number of amides is 1. The molecule has 1 aliphatic rings. The largest absolute Gasteiger partial charge is 0.467 e. The molecule has 0 saturated carbocycles. The summed E-state index contributed by atoms with van der Waals surface area (Å²) >= 11 is 0. The topological polar surface area (TPSA) is 46.6 Å². The highest BCUT2D eigenvalue weighted by molar-refractivity contribution is 5.98. The van der Waals surface area contributed by atoms with Crippen molar-refractivity contribution in [1.82, 2.24) is 4.90 Å². The van der Waals surface area contributed by atoms with Crippen LogP contribution in [0.1, 0.15) is 35.2 Å². The summed E-state index contributed by atoms with van der Waals surface area (Å²) in [6.45, 7) is 2.53. The molecule has 4 heteroatoms. The van der Waals surface area contributed by atoms with Crippen LogP contribution in [0.3, 0.4) is 0 Å². The quantitative estimate of drug-likeness (QED) is 0.766. The number of rotatable bonds is 2. The number of esters is 1. The van der Waals surface area contributed by atoms with Gasteiger partial charge in [-0.3, -0.25) is 4.79 Å². The molecular weight excluding hydrogens is 242 g/mol.